The van der Waals surface area contributed by atoms with E-state index in [1.165, 1.54) is 4.90 Å². The third kappa shape index (κ3) is 4.72. The van der Waals surface area contributed by atoms with Crippen LogP contribution in [0.15, 0.2) is 78.9 Å². The van der Waals surface area contributed by atoms with Gasteiger partial charge in [0.2, 0.25) is 0 Å². The van der Waals surface area contributed by atoms with Gasteiger partial charge in [0, 0.05) is 12.6 Å². The molecule has 148 valence electrons. The molecule has 0 aromatic heterocycles. The van der Waals surface area contributed by atoms with Gasteiger partial charge in [0.25, 0.3) is 5.91 Å². The minimum atomic E-state index is -0.501. The average molecular weight is 387 g/mol. The Morgan fingerprint density at radius 3 is 2.00 bits per heavy atom. The van der Waals surface area contributed by atoms with E-state index >= 15 is 0 Å². The molecule has 4 nitrogen and oxygen atoms in total. The summed E-state index contributed by atoms with van der Waals surface area (Å²) in [6.45, 7) is 6.27. The smallest absolute Gasteiger partial charge is 0.345 e. The number of esters is 1. The highest BCUT2D eigenvalue weighted by molar-refractivity contribution is 6.09. The SMILES string of the molecule is CN(C(=O)c1ccccc1)c1cc(C(C)(C)C)ccc1C(=O)Oc1ccccc1. The van der Waals surface area contributed by atoms with Crippen LogP contribution < -0.4 is 9.64 Å². The van der Waals surface area contributed by atoms with E-state index < -0.39 is 5.97 Å². The van der Waals surface area contributed by atoms with Crippen molar-refractivity contribution in [2.75, 3.05) is 11.9 Å². The molecule has 0 saturated heterocycles. The molecule has 3 aromatic carbocycles. The van der Waals surface area contributed by atoms with Crippen LogP contribution in [0.5, 0.6) is 5.75 Å². The molecule has 0 spiro atoms. The molecule has 1 amide bonds. The highest BCUT2D eigenvalue weighted by atomic mass is 16.5. The number of rotatable bonds is 4. The summed E-state index contributed by atoms with van der Waals surface area (Å²) in [5.74, 6) is -0.231. The Kier molecular flexibility index (Phi) is 5.83. The summed E-state index contributed by atoms with van der Waals surface area (Å²) < 4.78 is 5.53. The van der Waals surface area contributed by atoms with Crippen LogP contribution in [0.4, 0.5) is 5.69 Å². The highest BCUT2D eigenvalue weighted by Crippen LogP contribution is 2.30. The summed E-state index contributed by atoms with van der Waals surface area (Å²) >= 11 is 0. The molecule has 0 aliphatic carbocycles. The molecule has 3 aromatic rings. The Balaban J connectivity index is 2.02. The Bertz CT molecular complexity index is 1010. The van der Waals surface area contributed by atoms with Crippen molar-refractivity contribution < 1.29 is 14.3 Å². The number of nitrogens with zero attached hydrogens (tertiary/aromatic N) is 1. The van der Waals surface area contributed by atoms with E-state index in [0.29, 0.717) is 22.6 Å². The van der Waals surface area contributed by atoms with Gasteiger partial charge in [-0.3, -0.25) is 4.79 Å². The summed E-state index contributed by atoms with van der Waals surface area (Å²) in [5, 5.41) is 0. The molecule has 0 fully saturated rings. The summed E-state index contributed by atoms with van der Waals surface area (Å²) in [7, 11) is 1.68. The molecule has 3 rings (SSSR count). The molecule has 29 heavy (non-hydrogen) atoms. The van der Waals surface area contributed by atoms with Crippen molar-refractivity contribution in [2.45, 2.75) is 26.2 Å². The lowest BCUT2D eigenvalue weighted by atomic mass is 9.86. The zero-order chi connectivity index (χ0) is 21.0. The third-order valence-corrected chi connectivity index (χ3v) is 4.72. The Labute approximate surface area is 171 Å². The predicted octanol–water partition coefficient (Wildman–Crippen LogP) is 5.48. The van der Waals surface area contributed by atoms with Gasteiger partial charge in [0.15, 0.2) is 0 Å². The monoisotopic (exact) mass is 387 g/mol. The molecular formula is C25H25NO3. The molecule has 0 unspecified atom stereocenters. The minimum Gasteiger partial charge on any atom is -0.423 e. The first kappa shape index (κ1) is 20.3. The highest BCUT2D eigenvalue weighted by Gasteiger charge is 2.24. The van der Waals surface area contributed by atoms with E-state index in [-0.39, 0.29) is 11.3 Å². The maximum atomic E-state index is 13.0. The first-order valence-corrected chi connectivity index (χ1v) is 9.52. The normalized spacial score (nSPS) is 11.0. The van der Waals surface area contributed by atoms with Crippen LogP contribution in [0.1, 0.15) is 47.1 Å². The van der Waals surface area contributed by atoms with E-state index in [2.05, 4.69) is 20.8 Å². The van der Waals surface area contributed by atoms with Crippen molar-refractivity contribution in [3.63, 3.8) is 0 Å². The molecule has 0 atom stereocenters. The number of anilines is 1. The second-order valence-electron chi connectivity index (χ2n) is 7.91. The fraction of sp³-hybridized carbons (Fsp3) is 0.200. The zero-order valence-electron chi connectivity index (χ0n) is 17.2. The van der Waals surface area contributed by atoms with E-state index in [4.69, 9.17) is 4.74 Å². The standard InChI is InChI=1S/C25H25NO3/c1-25(2,3)19-15-16-21(24(28)29-20-13-9-6-10-14-20)22(17-19)26(4)23(27)18-11-7-5-8-12-18/h5-17H,1-4H3. The topological polar surface area (TPSA) is 46.6 Å². The number of carbonyl (C=O) groups is 2. The summed E-state index contributed by atoms with van der Waals surface area (Å²) in [5.41, 5.74) is 2.31. The van der Waals surface area contributed by atoms with Crippen molar-refractivity contribution >= 4 is 17.6 Å². The van der Waals surface area contributed by atoms with Crippen LogP contribution in [0.25, 0.3) is 0 Å². The fourth-order valence-electron chi connectivity index (χ4n) is 2.98. The Morgan fingerprint density at radius 2 is 1.41 bits per heavy atom. The van der Waals surface area contributed by atoms with Crippen LogP contribution >= 0.6 is 0 Å². The van der Waals surface area contributed by atoms with Crippen molar-refractivity contribution in [1.29, 1.82) is 0 Å². The van der Waals surface area contributed by atoms with Gasteiger partial charge in [0.05, 0.1) is 11.3 Å². The van der Waals surface area contributed by atoms with Gasteiger partial charge in [-0.15, -0.1) is 0 Å². The van der Waals surface area contributed by atoms with Crippen molar-refractivity contribution in [3.05, 3.63) is 95.6 Å². The number of hydrogen-bond donors (Lipinski definition) is 0. The van der Waals surface area contributed by atoms with Crippen molar-refractivity contribution in [3.8, 4) is 5.75 Å². The number of para-hydroxylation sites is 1. The van der Waals surface area contributed by atoms with Gasteiger partial charge >= 0.3 is 5.97 Å². The van der Waals surface area contributed by atoms with Crippen LogP contribution in [0.2, 0.25) is 0 Å². The largest absolute Gasteiger partial charge is 0.423 e. The molecule has 0 saturated carbocycles. The van der Waals surface area contributed by atoms with Gasteiger partial charge in [0.1, 0.15) is 5.75 Å². The van der Waals surface area contributed by atoms with Crippen LogP contribution in [0, 0.1) is 0 Å². The van der Waals surface area contributed by atoms with Gasteiger partial charge in [-0.2, -0.15) is 0 Å². The number of benzene rings is 3. The maximum absolute atomic E-state index is 13.0. The first-order valence-electron chi connectivity index (χ1n) is 9.52. The molecular weight excluding hydrogens is 362 g/mol. The lowest BCUT2D eigenvalue weighted by molar-refractivity contribution is 0.0735. The van der Waals surface area contributed by atoms with E-state index in [1.807, 2.05) is 36.4 Å². The third-order valence-electron chi connectivity index (χ3n) is 4.72. The lowest BCUT2D eigenvalue weighted by Crippen LogP contribution is -2.29. The number of hydrogen-bond acceptors (Lipinski definition) is 3. The number of ether oxygens (including phenoxy) is 1. The molecule has 4 heteroatoms. The summed E-state index contributed by atoms with van der Waals surface area (Å²) in [6, 6.07) is 23.4. The lowest BCUT2D eigenvalue weighted by Gasteiger charge is -2.25. The molecule has 0 aliphatic rings. The summed E-state index contributed by atoms with van der Waals surface area (Å²) in [6.07, 6.45) is 0. The van der Waals surface area contributed by atoms with Crippen molar-refractivity contribution in [2.24, 2.45) is 0 Å². The van der Waals surface area contributed by atoms with Gasteiger partial charge in [-0.05, 0) is 47.4 Å². The minimum absolute atomic E-state index is 0.132. The second kappa shape index (κ2) is 8.31. The van der Waals surface area contributed by atoms with E-state index in [9.17, 15) is 9.59 Å². The fourth-order valence-corrected chi connectivity index (χ4v) is 2.98. The Morgan fingerprint density at radius 1 is 0.828 bits per heavy atom. The maximum Gasteiger partial charge on any atom is 0.345 e. The van der Waals surface area contributed by atoms with Crippen LogP contribution in [-0.2, 0) is 5.41 Å². The Hall–Kier alpha value is -3.40. The van der Waals surface area contributed by atoms with Crippen LogP contribution in [-0.4, -0.2) is 18.9 Å². The van der Waals surface area contributed by atoms with Crippen LogP contribution in [0.3, 0.4) is 0 Å². The molecule has 0 heterocycles. The number of amides is 1. The van der Waals surface area contributed by atoms with Gasteiger partial charge < -0.3 is 9.64 Å². The molecule has 0 N–H and O–H groups in total. The summed E-state index contributed by atoms with van der Waals surface area (Å²) in [4.78, 5) is 27.4. The molecule has 0 bridgehead atoms. The predicted molar refractivity (Wildman–Crippen MR) is 116 cm³/mol. The van der Waals surface area contributed by atoms with E-state index in [0.717, 1.165) is 5.56 Å². The average Bonchev–Trinajstić information content (AvgIpc) is 2.73. The molecule has 0 radical (unpaired) electrons. The first-order chi connectivity index (χ1) is 13.8. The van der Waals surface area contributed by atoms with E-state index in [1.54, 1.807) is 49.5 Å². The quantitative estimate of drug-likeness (QED) is 0.440. The van der Waals surface area contributed by atoms with Crippen molar-refractivity contribution in [1.82, 2.24) is 0 Å². The molecule has 0 aliphatic heterocycles. The number of carbonyl (C=O) groups excluding carboxylic acids is 2. The van der Waals surface area contributed by atoms with Gasteiger partial charge in [-0.1, -0.05) is 63.2 Å². The van der Waals surface area contributed by atoms with Gasteiger partial charge in [-0.25, -0.2) is 4.79 Å². The zero-order valence-corrected chi connectivity index (χ0v) is 17.2. The second-order valence-corrected chi connectivity index (χ2v) is 7.91.